The summed E-state index contributed by atoms with van der Waals surface area (Å²) in [6, 6.07) is 3.89. The van der Waals surface area contributed by atoms with E-state index in [9.17, 15) is 9.59 Å². The fourth-order valence-corrected chi connectivity index (χ4v) is 2.81. The Labute approximate surface area is 143 Å². The quantitative estimate of drug-likeness (QED) is 0.791. The van der Waals surface area contributed by atoms with Gasteiger partial charge in [-0.25, -0.2) is 0 Å². The summed E-state index contributed by atoms with van der Waals surface area (Å²) in [6.07, 6.45) is 1.62. The molecule has 2 rings (SSSR count). The van der Waals surface area contributed by atoms with Gasteiger partial charge in [-0.15, -0.1) is 0 Å². The Balaban J connectivity index is 1.70. The molecule has 1 aliphatic rings. The Bertz CT molecular complexity index is 570. The van der Waals surface area contributed by atoms with Gasteiger partial charge in [-0.05, 0) is 39.2 Å². The average molecular weight is 336 g/mol. The van der Waals surface area contributed by atoms with E-state index in [-0.39, 0.29) is 17.6 Å². The Kier molecular flexibility index (Phi) is 6.39. The lowest BCUT2D eigenvalue weighted by molar-refractivity contribution is -0.121. The van der Waals surface area contributed by atoms with Crippen LogP contribution in [0.25, 0.3) is 0 Å². The van der Waals surface area contributed by atoms with E-state index in [4.69, 9.17) is 4.42 Å². The average Bonchev–Trinajstić information content (AvgIpc) is 3.18. The second-order valence-corrected chi connectivity index (χ2v) is 6.68. The van der Waals surface area contributed by atoms with Crippen LogP contribution in [0.15, 0.2) is 16.5 Å². The van der Waals surface area contributed by atoms with Gasteiger partial charge in [0.25, 0.3) is 5.91 Å². The first-order valence-electron chi connectivity index (χ1n) is 8.32. The van der Waals surface area contributed by atoms with Gasteiger partial charge in [0.05, 0.1) is 6.54 Å². The molecule has 1 aromatic heterocycles. The fourth-order valence-electron chi connectivity index (χ4n) is 2.81. The first kappa shape index (κ1) is 18.5. The largest absolute Gasteiger partial charge is 0.454 e. The molecule has 0 aromatic carbocycles. The van der Waals surface area contributed by atoms with Crippen LogP contribution in [-0.2, 0) is 11.3 Å². The van der Waals surface area contributed by atoms with Gasteiger partial charge in [-0.1, -0.05) is 0 Å². The second kappa shape index (κ2) is 8.30. The Morgan fingerprint density at radius 3 is 2.71 bits per heavy atom. The van der Waals surface area contributed by atoms with Gasteiger partial charge in [0.15, 0.2) is 5.76 Å². The third kappa shape index (κ3) is 5.07. The minimum absolute atomic E-state index is 0.00918. The first-order valence-corrected chi connectivity index (χ1v) is 8.32. The van der Waals surface area contributed by atoms with Crippen molar-refractivity contribution >= 4 is 11.8 Å². The van der Waals surface area contributed by atoms with Crippen LogP contribution >= 0.6 is 0 Å². The van der Waals surface area contributed by atoms with Crippen LogP contribution in [0.5, 0.6) is 0 Å². The maximum Gasteiger partial charge on any atom is 0.289 e. The molecule has 0 radical (unpaired) electrons. The molecule has 1 fully saturated rings. The van der Waals surface area contributed by atoms with E-state index in [0.717, 1.165) is 26.1 Å². The number of rotatable bonds is 7. The van der Waals surface area contributed by atoms with Crippen LogP contribution in [0.1, 0.15) is 29.2 Å². The number of carbonyl (C=O) groups is 2. The lowest BCUT2D eigenvalue weighted by atomic mass is 10.2. The molecule has 0 spiro atoms. The van der Waals surface area contributed by atoms with E-state index in [1.54, 1.807) is 26.2 Å². The number of amides is 2. The highest BCUT2D eigenvalue weighted by Gasteiger charge is 2.23. The number of likely N-dealkylation sites (tertiary alicyclic amines) is 1. The summed E-state index contributed by atoms with van der Waals surface area (Å²) in [7, 11) is 7.54. The minimum Gasteiger partial charge on any atom is -0.454 e. The van der Waals surface area contributed by atoms with Crippen molar-refractivity contribution < 1.29 is 14.0 Å². The Morgan fingerprint density at radius 2 is 2.08 bits per heavy atom. The van der Waals surface area contributed by atoms with Crippen molar-refractivity contribution in [1.82, 2.24) is 20.0 Å². The Hall–Kier alpha value is -1.86. The smallest absolute Gasteiger partial charge is 0.289 e. The van der Waals surface area contributed by atoms with Crippen LogP contribution in [0.3, 0.4) is 0 Å². The first-order chi connectivity index (χ1) is 11.4. The summed E-state index contributed by atoms with van der Waals surface area (Å²) in [5.41, 5.74) is 0. The molecule has 0 aliphatic carbocycles. The molecular weight excluding hydrogens is 308 g/mol. The summed E-state index contributed by atoms with van der Waals surface area (Å²) in [6.45, 7) is 3.23. The molecule has 24 heavy (non-hydrogen) atoms. The van der Waals surface area contributed by atoms with E-state index in [2.05, 4.69) is 29.2 Å². The van der Waals surface area contributed by atoms with Gasteiger partial charge in [-0.2, -0.15) is 0 Å². The van der Waals surface area contributed by atoms with E-state index in [0.29, 0.717) is 24.8 Å². The topological polar surface area (TPSA) is 69.0 Å². The predicted octanol–water partition coefficient (Wildman–Crippen LogP) is 0.624. The van der Waals surface area contributed by atoms with Gasteiger partial charge in [-0.3, -0.25) is 9.59 Å². The fraction of sp³-hybridized carbons (Fsp3) is 0.647. The minimum atomic E-state index is -0.185. The number of nitrogens with zero attached hydrogens (tertiary/aromatic N) is 3. The van der Waals surface area contributed by atoms with E-state index in [1.807, 2.05) is 0 Å². The zero-order valence-corrected chi connectivity index (χ0v) is 15.0. The van der Waals surface area contributed by atoms with Crippen LogP contribution in [0, 0.1) is 0 Å². The number of furan rings is 1. The highest BCUT2D eigenvalue weighted by atomic mass is 16.4. The summed E-state index contributed by atoms with van der Waals surface area (Å²) < 4.78 is 5.45. The molecule has 1 aliphatic heterocycles. The molecule has 1 saturated heterocycles. The molecule has 2 amide bonds. The van der Waals surface area contributed by atoms with Crippen LogP contribution in [0.4, 0.5) is 0 Å². The number of hydrogen-bond acceptors (Lipinski definition) is 5. The predicted molar refractivity (Wildman–Crippen MR) is 91.7 cm³/mol. The van der Waals surface area contributed by atoms with Crippen molar-refractivity contribution in [2.24, 2.45) is 0 Å². The number of hydrogen-bond donors (Lipinski definition) is 1. The standard InChI is InChI=1S/C17H28N4O3/c1-19(2)17(23)15-6-5-14(24-15)11-18-16(22)8-10-21(4)13-7-9-20(3)12-13/h5-6,13H,7-12H2,1-4H3,(H,18,22). The summed E-state index contributed by atoms with van der Waals surface area (Å²) in [5, 5.41) is 2.84. The van der Waals surface area contributed by atoms with Gasteiger partial charge in [0.2, 0.25) is 5.91 Å². The molecule has 7 nitrogen and oxygen atoms in total. The van der Waals surface area contributed by atoms with Crippen molar-refractivity contribution in [2.75, 3.05) is 47.8 Å². The molecule has 134 valence electrons. The maximum absolute atomic E-state index is 12.0. The van der Waals surface area contributed by atoms with Crippen molar-refractivity contribution in [1.29, 1.82) is 0 Å². The van der Waals surface area contributed by atoms with Crippen LogP contribution < -0.4 is 5.32 Å². The van der Waals surface area contributed by atoms with Gasteiger partial charge >= 0.3 is 0 Å². The van der Waals surface area contributed by atoms with Crippen molar-refractivity contribution in [3.8, 4) is 0 Å². The lowest BCUT2D eigenvalue weighted by Crippen LogP contribution is -2.36. The van der Waals surface area contributed by atoms with Gasteiger partial charge in [0.1, 0.15) is 5.76 Å². The highest BCUT2D eigenvalue weighted by molar-refractivity contribution is 5.91. The SMILES string of the molecule is CN1CCC(N(C)CCC(=O)NCc2ccc(C(=O)N(C)C)o2)C1. The van der Waals surface area contributed by atoms with E-state index < -0.39 is 0 Å². The molecule has 1 unspecified atom stereocenters. The number of likely N-dealkylation sites (N-methyl/N-ethyl adjacent to an activating group) is 2. The normalized spacial score (nSPS) is 18.1. The third-order valence-electron chi connectivity index (χ3n) is 4.42. The number of carbonyl (C=O) groups excluding carboxylic acids is 2. The third-order valence-corrected chi connectivity index (χ3v) is 4.42. The van der Waals surface area contributed by atoms with E-state index in [1.165, 1.54) is 4.90 Å². The Morgan fingerprint density at radius 1 is 1.33 bits per heavy atom. The van der Waals surface area contributed by atoms with Crippen molar-refractivity contribution in [3.63, 3.8) is 0 Å². The molecule has 0 bridgehead atoms. The summed E-state index contributed by atoms with van der Waals surface area (Å²) in [4.78, 5) is 29.8. The van der Waals surface area contributed by atoms with Gasteiger partial charge in [0, 0.05) is 39.6 Å². The molecule has 1 aromatic rings. The zero-order valence-electron chi connectivity index (χ0n) is 15.0. The zero-order chi connectivity index (χ0) is 17.7. The van der Waals surface area contributed by atoms with Crippen molar-refractivity contribution in [3.05, 3.63) is 23.7 Å². The second-order valence-electron chi connectivity index (χ2n) is 6.68. The van der Waals surface area contributed by atoms with Crippen molar-refractivity contribution in [2.45, 2.75) is 25.4 Å². The molecule has 2 heterocycles. The molecule has 1 N–H and O–H groups in total. The van der Waals surface area contributed by atoms with Gasteiger partial charge < -0.3 is 24.4 Å². The summed E-state index contributed by atoms with van der Waals surface area (Å²) in [5.74, 6) is 0.675. The van der Waals surface area contributed by atoms with E-state index >= 15 is 0 Å². The lowest BCUT2D eigenvalue weighted by Gasteiger charge is -2.23. The summed E-state index contributed by atoms with van der Waals surface area (Å²) >= 11 is 0. The molecular formula is C17H28N4O3. The maximum atomic E-state index is 12.0. The van der Waals surface area contributed by atoms with Crippen LogP contribution in [-0.4, -0.2) is 80.4 Å². The monoisotopic (exact) mass is 336 g/mol. The number of nitrogens with one attached hydrogen (secondary N) is 1. The molecule has 7 heteroatoms. The molecule has 0 saturated carbocycles. The van der Waals surface area contributed by atoms with Crippen LogP contribution in [0.2, 0.25) is 0 Å². The molecule has 1 atom stereocenters. The highest BCUT2D eigenvalue weighted by Crippen LogP contribution is 2.13.